The van der Waals surface area contributed by atoms with Gasteiger partial charge in [0.25, 0.3) is 5.56 Å². The van der Waals surface area contributed by atoms with Gasteiger partial charge in [0.1, 0.15) is 11.2 Å². The van der Waals surface area contributed by atoms with Crippen molar-refractivity contribution in [3.05, 3.63) is 51.7 Å². The quantitative estimate of drug-likeness (QED) is 0.683. The van der Waals surface area contributed by atoms with E-state index in [0.717, 1.165) is 0 Å². The van der Waals surface area contributed by atoms with Crippen LogP contribution in [0.1, 0.15) is 5.82 Å². The Morgan fingerprint density at radius 2 is 2.11 bits per heavy atom. The standard InChI is InChI=1S/C13H11ClN4O/c1-8-16-12-11(7-15-17(12)2)13(19)18(8)10-5-3-4-9(14)6-10/h3-7H,1-2H3. The molecule has 6 heteroatoms. The largest absolute Gasteiger partial charge is 0.269 e. The summed E-state index contributed by atoms with van der Waals surface area (Å²) in [4.78, 5) is 16.9. The van der Waals surface area contributed by atoms with Crippen LogP contribution < -0.4 is 5.56 Å². The van der Waals surface area contributed by atoms with E-state index in [1.807, 2.05) is 6.07 Å². The van der Waals surface area contributed by atoms with Gasteiger partial charge >= 0.3 is 0 Å². The molecule has 0 radical (unpaired) electrons. The van der Waals surface area contributed by atoms with Crippen molar-refractivity contribution in [2.45, 2.75) is 6.92 Å². The van der Waals surface area contributed by atoms with E-state index >= 15 is 0 Å². The first-order valence-electron chi connectivity index (χ1n) is 5.75. The van der Waals surface area contributed by atoms with Crippen molar-refractivity contribution >= 4 is 22.6 Å². The van der Waals surface area contributed by atoms with Crippen LogP contribution in [0.4, 0.5) is 0 Å². The number of hydrogen-bond donors (Lipinski definition) is 0. The van der Waals surface area contributed by atoms with Crippen LogP contribution in [0.2, 0.25) is 5.02 Å². The van der Waals surface area contributed by atoms with Gasteiger partial charge in [-0.1, -0.05) is 17.7 Å². The summed E-state index contributed by atoms with van der Waals surface area (Å²) in [6, 6.07) is 7.13. The number of fused-ring (bicyclic) bond motifs is 1. The first-order valence-corrected chi connectivity index (χ1v) is 6.13. The summed E-state index contributed by atoms with van der Waals surface area (Å²) in [5.74, 6) is 0.600. The van der Waals surface area contributed by atoms with Crippen molar-refractivity contribution in [3.63, 3.8) is 0 Å². The number of hydrogen-bond acceptors (Lipinski definition) is 3. The third kappa shape index (κ3) is 1.82. The van der Waals surface area contributed by atoms with Crippen LogP contribution in [-0.2, 0) is 7.05 Å². The lowest BCUT2D eigenvalue weighted by molar-refractivity contribution is 0.777. The van der Waals surface area contributed by atoms with Crippen LogP contribution in [0.25, 0.3) is 16.7 Å². The number of aromatic nitrogens is 4. The normalized spacial score (nSPS) is 11.1. The molecule has 0 saturated carbocycles. The second-order valence-electron chi connectivity index (χ2n) is 4.28. The molecule has 0 amide bonds. The van der Waals surface area contributed by atoms with E-state index in [2.05, 4.69) is 10.1 Å². The molecule has 0 aliphatic heterocycles. The van der Waals surface area contributed by atoms with Crippen molar-refractivity contribution in [2.24, 2.45) is 7.05 Å². The average molecular weight is 275 g/mol. The highest BCUT2D eigenvalue weighted by atomic mass is 35.5. The number of aryl methyl sites for hydroxylation is 2. The van der Waals surface area contributed by atoms with Gasteiger partial charge < -0.3 is 0 Å². The molecule has 0 spiro atoms. The highest BCUT2D eigenvalue weighted by molar-refractivity contribution is 6.30. The molecule has 0 saturated heterocycles. The van der Waals surface area contributed by atoms with Gasteiger partial charge in [-0.2, -0.15) is 5.10 Å². The molecule has 0 atom stereocenters. The van der Waals surface area contributed by atoms with Crippen molar-refractivity contribution in [1.82, 2.24) is 19.3 Å². The molecule has 0 bridgehead atoms. The molecule has 2 aromatic heterocycles. The summed E-state index contributed by atoms with van der Waals surface area (Å²) < 4.78 is 3.13. The summed E-state index contributed by atoms with van der Waals surface area (Å²) in [5, 5.41) is 5.14. The predicted molar refractivity (Wildman–Crippen MR) is 73.9 cm³/mol. The predicted octanol–water partition coefficient (Wildman–Crippen LogP) is 2.08. The fourth-order valence-corrected chi connectivity index (χ4v) is 2.29. The maximum absolute atomic E-state index is 12.5. The highest BCUT2D eigenvalue weighted by Gasteiger charge is 2.12. The molecule has 19 heavy (non-hydrogen) atoms. The van der Waals surface area contributed by atoms with Gasteiger partial charge in [0.05, 0.1) is 11.9 Å². The zero-order valence-corrected chi connectivity index (χ0v) is 11.2. The SMILES string of the molecule is Cc1nc2c(cnn2C)c(=O)n1-c1cccc(Cl)c1. The topological polar surface area (TPSA) is 52.7 Å². The average Bonchev–Trinajstić information content (AvgIpc) is 2.72. The Morgan fingerprint density at radius 1 is 1.32 bits per heavy atom. The minimum atomic E-state index is -0.141. The van der Waals surface area contributed by atoms with E-state index in [4.69, 9.17) is 11.6 Å². The van der Waals surface area contributed by atoms with Crippen molar-refractivity contribution < 1.29 is 0 Å². The van der Waals surface area contributed by atoms with Gasteiger partial charge in [-0.25, -0.2) is 4.98 Å². The van der Waals surface area contributed by atoms with Crippen molar-refractivity contribution in [1.29, 1.82) is 0 Å². The fourth-order valence-electron chi connectivity index (χ4n) is 2.10. The fraction of sp³-hybridized carbons (Fsp3) is 0.154. The van der Waals surface area contributed by atoms with Crippen LogP contribution in [0, 0.1) is 6.92 Å². The van der Waals surface area contributed by atoms with Gasteiger partial charge in [-0.3, -0.25) is 14.0 Å². The summed E-state index contributed by atoms with van der Waals surface area (Å²) >= 11 is 5.97. The third-order valence-corrected chi connectivity index (χ3v) is 3.23. The Bertz CT molecular complexity index is 834. The maximum atomic E-state index is 12.5. The molecular formula is C13H11ClN4O. The maximum Gasteiger partial charge on any atom is 0.269 e. The molecule has 2 heterocycles. The van der Waals surface area contributed by atoms with Crippen LogP contribution in [-0.4, -0.2) is 19.3 Å². The Morgan fingerprint density at radius 3 is 2.84 bits per heavy atom. The van der Waals surface area contributed by atoms with E-state index in [0.29, 0.717) is 27.6 Å². The molecule has 0 aliphatic rings. The van der Waals surface area contributed by atoms with Crippen LogP contribution in [0.5, 0.6) is 0 Å². The van der Waals surface area contributed by atoms with Crippen LogP contribution in [0.3, 0.4) is 0 Å². The summed E-state index contributed by atoms with van der Waals surface area (Å²) in [5.41, 5.74) is 1.15. The Balaban J connectivity index is 2.39. The molecule has 5 nitrogen and oxygen atoms in total. The molecule has 0 aliphatic carbocycles. The number of nitrogens with zero attached hydrogens (tertiary/aromatic N) is 4. The van der Waals surface area contributed by atoms with Crippen molar-refractivity contribution in [2.75, 3.05) is 0 Å². The Kier molecular flexibility index (Phi) is 2.64. The van der Waals surface area contributed by atoms with E-state index in [1.165, 1.54) is 10.8 Å². The number of rotatable bonds is 1. The molecule has 1 aromatic carbocycles. The van der Waals surface area contributed by atoms with Gasteiger partial charge in [-0.05, 0) is 25.1 Å². The number of benzene rings is 1. The minimum absolute atomic E-state index is 0.141. The zero-order chi connectivity index (χ0) is 13.6. The first-order chi connectivity index (χ1) is 9.08. The molecule has 0 fully saturated rings. The van der Waals surface area contributed by atoms with Crippen LogP contribution >= 0.6 is 11.6 Å². The van der Waals surface area contributed by atoms with E-state index in [-0.39, 0.29) is 5.56 Å². The minimum Gasteiger partial charge on any atom is -0.268 e. The van der Waals surface area contributed by atoms with Gasteiger partial charge in [0.2, 0.25) is 0 Å². The second kappa shape index (κ2) is 4.20. The molecular weight excluding hydrogens is 264 g/mol. The lowest BCUT2D eigenvalue weighted by Crippen LogP contribution is -2.22. The smallest absolute Gasteiger partial charge is 0.268 e. The molecule has 3 aromatic rings. The molecule has 3 rings (SSSR count). The Hall–Kier alpha value is -2.14. The lowest BCUT2D eigenvalue weighted by Gasteiger charge is -2.09. The Labute approximate surface area is 114 Å². The third-order valence-electron chi connectivity index (χ3n) is 3.00. The van der Waals surface area contributed by atoms with Gasteiger partial charge in [-0.15, -0.1) is 0 Å². The summed E-state index contributed by atoms with van der Waals surface area (Å²) in [6.45, 7) is 1.79. The number of halogens is 1. The van der Waals surface area contributed by atoms with Crippen molar-refractivity contribution in [3.8, 4) is 5.69 Å². The lowest BCUT2D eigenvalue weighted by atomic mass is 10.3. The molecule has 0 unspecified atom stereocenters. The van der Waals surface area contributed by atoms with Crippen LogP contribution in [0.15, 0.2) is 35.3 Å². The second-order valence-corrected chi connectivity index (χ2v) is 4.72. The summed E-state index contributed by atoms with van der Waals surface area (Å²) in [7, 11) is 1.76. The molecule has 0 N–H and O–H groups in total. The highest BCUT2D eigenvalue weighted by Crippen LogP contribution is 2.16. The molecule has 96 valence electrons. The monoisotopic (exact) mass is 274 g/mol. The van der Waals surface area contributed by atoms with E-state index in [9.17, 15) is 4.79 Å². The summed E-state index contributed by atoms with van der Waals surface area (Å²) in [6.07, 6.45) is 1.53. The van der Waals surface area contributed by atoms with Gasteiger partial charge in [0.15, 0.2) is 5.65 Å². The van der Waals surface area contributed by atoms with E-state index in [1.54, 1.807) is 36.9 Å². The van der Waals surface area contributed by atoms with Gasteiger partial charge in [0, 0.05) is 12.1 Å². The van der Waals surface area contributed by atoms with E-state index < -0.39 is 0 Å². The zero-order valence-electron chi connectivity index (χ0n) is 10.5. The first kappa shape index (κ1) is 11.9.